The van der Waals surface area contributed by atoms with Crippen molar-refractivity contribution < 1.29 is 31.9 Å². The monoisotopic (exact) mass is 334 g/mol. The fourth-order valence-electron chi connectivity index (χ4n) is 1.69. The third-order valence-corrected chi connectivity index (χ3v) is 2.78. The van der Waals surface area contributed by atoms with Gasteiger partial charge in [0.05, 0.1) is 17.9 Å². The summed E-state index contributed by atoms with van der Waals surface area (Å²) in [5.74, 6) is -10.8. The van der Waals surface area contributed by atoms with E-state index in [1.54, 1.807) is 0 Å². The van der Waals surface area contributed by atoms with Crippen LogP contribution in [0, 0.1) is 23.3 Å². The van der Waals surface area contributed by atoms with Crippen LogP contribution < -0.4 is 11.1 Å². The second-order valence-electron chi connectivity index (χ2n) is 4.27. The molecule has 23 heavy (non-hydrogen) atoms. The highest BCUT2D eigenvalue weighted by Crippen LogP contribution is 2.28. The van der Waals surface area contributed by atoms with Gasteiger partial charge in [0.2, 0.25) is 5.78 Å². The van der Waals surface area contributed by atoms with Crippen LogP contribution in [0.15, 0.2) is 11.6 Å². The predicted molar refractivity (Wildman–Crippen MR) is 73.7 cm³/mol. The van der Waals surface area contributed by atoms with Crippen molar-refractivity contribution in [1.29, 1.82) is 0 Å². The molecule has 5 nitrogen and oxygen atoms in total. The average molecular weight is 334 g/mol. The molecule has 0 spiro atoms. The summed E-state index contributed by atoms with van der Waals surface area (Å²) in [6.07, 6.45) is 1.04. The minimum Gasteiger partial charge on any atom is -0.462 e. The van der Waals surface area contributed by atoms with Crippen LogP contribution in [-0.4, -0.2) is 32.0 Å². The molecule has 0 heterocycles. The largest absolute Gasteiger partial charge is 0.462 e. The van der Waals surface area contributed by atoms with E-state index < -0.39 is 51.8 Å². The lowest BCUT2D eigenvalue weighted by molar-refractivity contribution is -0.138. The number of likely N-dealkylation sites (N-methyl/N-ethyl adjacent to an activating group) is 1. The van der Waals surface area contributed by atoms with E-state index in [1.807, 2.05) is 0 Å². The smallest absolute Gasteiger partial charge is 0.341 e. The molecule has 0 aromatic heterocycles. The Hall–Kier alpha value is -2.42. The number of nitrogen functional groups attached to an aromatic ring is 1. The summed E-state index contributed by atoms with van der Waals surface area (Å²) in [6, 6.07) is 0. The van der Waals surface area contributed by atoms with Crippen LogP contribution in [0.5, 0.6) is 0 Å². The third kappa shape index (κ3) is 3.67. The van der Waals surface area contributed by atoms with E-state index in [-0.39, 0.29) is 13.2 Å². The Morgan fingerprint density at radius 2 is 1.70 bits per heavy atom. The quantitative estimate of drug-likeness (QED) is 0.0953. The third-order valence-electron chi connectivity index (χ3n) is 2.78. The van der Waals surface area contributed by atoms with Crippen molar-refractivity contribution in [2.24, 2.45) is 0 Å². The summed E-state index contributed by atoms with van der Waals surface area (Å²) in [4.78, 5) is 24.0. The van der Waals surface area contributed by atoms with Crippen LogP contribution in [0.1, 0.15) is 17.3 Å². The van der Waals surface area contributed by atoms with Crippen molar-refractivity contribution in [2.45, 2.75) is 6.92 Å². The van der Waals surface area contributed by atoms with Gasteiger partial charge in [0, 0.05) is 6.54 Å². The molecule has 0 aliphatic heterocycles. The van der Waals surface area contributed by atoms with E-state index in [9.17, 15) is 27.2 Å². The zero-order chi connectivity index (χ0) is 17.7. The summed E-state index contributed by atoms with van der Waals surface area (Å²) in [6.45, 7) is 1.38. The van der Waals surface area contributed by atoms with Crippen molar-refractivity contribution in [3.63, 3.8) is 0 Å². The molecule has 0 bridgehead atoms. The average Bonchev–Trinajstić information content (AvgIpc) is 2.52. The molecule has 126 valence electrons. The van der Waals surface area contributed by atoms with E-state index in [0.29, 0.717) is 0 Å². The molecule has 9 heteroatoms. The number of carbonyl (C=O) groups is 2. The number of rotatable bonds is 6. The maximum Gasteiger partial charge on any atom is 0.341 e. The molecule has 1 rings (SSSR count). The first-order valence-corrected chi connectivity index (χ1v) is 6.45. The van der Waals surface area contributed by atoms with Gasteiger partial charge in [-0.2, -0.15) is 0 Å². The van der Waals surface area contributed by atoms with Crippen molar-refractivity contribution >= 4 is 17.4 Å². The second kappa shape index (κ2) is 7.73. The number of benzene rings is 1. The summed E-state index contributed by atoms with van der Waals surface area (Å²) < 4.78 is 58.3. The molecule has 0 saturated carbocycles. The first kappa shape index (κ1) is 18.6. The molecule has 0 aliphatic rings. The fourth-order valence-corrected chi connectivity index (χ4v) is 1.69. The molecular formula is C14H14F4N2O3. The number of esters is 1. The number of halogens is 4. The Labute approximate surface area is 129 Å². The first-order chi connectivity index (χ1) is 10.8. The number of Topliss-reactive ketones (excluding diaryl/α,β-unsaturated/α-hetero) is 1. The van der Waals surface area contributed by atoms with E-state index >= 15 is 0 Å². The fraction of sp³-hybridized carbons (Fsp3) is 0.286. The van der Waals surface area contributed by atoms with Gasteiger partial charge in [0.1, 0.15) is 5.57 Å². The number of hydrogen-bond donors (Lipinski definition) is 2. The lowest BCUT2D eigenvalue weighted by atomic mass is 9.99. The highest BCUT2D eigenvalue weighted by atomic mass is 19.2. The zero-order valence-corrected chi connectivity index (χ0v) is 12.3. The molecule has 0 unspecified atom stereocenters. The van der Waals surface area contributed by atoms with Crippen molar-refractivity contribution in [3.8, 4) is 0 Å². The normalized spacial score (nSPS) is 11.5. The molecule has 0 atom stereocenters. The summed E-state index contributed by atoms with van der Waals surface area (Å²) in [5, 5.41) is 2.59. The number of hydrogen-bond acceptors (Lipinski definition) is 5. The van der Waals surface area contributed by atoms with Gasteiger partial charge in [-0.25, -0.2) is 22.4 Å². The number of nitrogens with two attached hydrogens (primary N) is 1. The van der Waals surface area contributed by atoms with Crippen molar-refractivity contribution in [2.75, 3.05) is 25.9 Å². The lowest BCUT2D eigenvalue weighted by Crippen LogP contribution is -2.22. The Bertz CT molecular complexity index is 645. The van der Waals surface area contributed by atoms with Gasteiger partial charge < -0.3 is 15.8 Å². The van der Waals surface area contributed by atoms with Gasteiger partial charge in [-0.15, -0.1) is 0 Å². The molecule has 0 aliphatic carbocycles. The maximum atomic E-state index is 13.8. The number of ether oxygens (including phenoxy) is 1. The predicted octanol–water partition coefficient (Wildman–Crippen LogP) is 1.72. The minimum absolute atomic E-state index is 0.00751. The van der Waals surface area contributed by atoms with Crippen LogP contribution in [0.4, 0.5) is 23.2 Å². The van der Waals surface area contributed by atoms with Gasteiger partial charge in [-0.05, 0) is 14.0 Å². The highest BCUT2D eigenvalue weighted by molar-refractivity contribution is 6.25. The summed E-state index contributed by atoms with van der Waals surface area (Å²) >= 11 is 0. The van der Waals surface area contributed by atoms with Gasteiger partial charge in [0.25, 0.3) is 0 Å². The minimum atomic E-state index is -2.20. The standard InChI is InChI=1S/C14H14F4N2O3/c1-3-23-14(22)6(4-5-20-2)13(21)7-8(15)9(16)10(17)11(18)12(7)19/h4,20H,3,5,19H2,1-2H3/b6-4-. The second-order valence-corrected chi connectivity index (χ2v) is 4.27. The highest BCUT2D eigenvalue weighted by Gasteiger charge is 2.31. The van der Waals surface area contributed by atoms with E-state index in [1.165, 1.54) is 14.0 Å². The Morgan fingerprint density at radius 1 is 1.13 bits per heavy atom. The number of ketones is 1. The van der Waals surface area contributed by atoms with Crippen LogP contribution in [0.3, 0.4) is 0 Å². The lowest BCUT2D eigenvalue weighted by Gasteiger charge is -2.11. The van der Waals surface area contributed by atoms with Gasteiger partial charge in [0.15, 0.2) is 23.3 Å². The Balaban J connectivity index is 3.49. The van der Waals surface area contributed by atoms with E-state index in [2.05, 4.69) is 10.1 Å². The van der Waals surface area contributed by atoms with Crippen LogP contribution in [0.25, 0.3) is 0 Å². The topological polar surface area (TPSA) is 81.4 Å². The number of carbonyl (C=O) groups excluding carboxylic acids is 2. The van der Waals surface area contributed by atoms with E-state index in [4.69, 9.17) is 5.73 Å². The molecule has 1 aromatic rings. The van der Waals surface area contributed by atoms with Crippen molar-refractivity contribution in [3.05, 3.63) is 40.5 Å². The Kier molecular flexibility index (Phi) is 6.26. The van der Waals surface area contributed by atoms with Crippen LogP contribution >= 0.6 is 0 Å². The molecular weight excluding hydrogens is 320 g/mol. The molecule has 0 radical (unpaired) electrons. The SMILES string of the molecule is CCOC(=O)/C(=C\CNC)C(=O)c1c(N)c(F)c(F)c(F)c1F. The van der Waals surface area contributed by atoms with Gasteiger partial charge >= 0.3 is 5.97 Å². The number of nitrogens with one attached hydrogen (secondary N) is 1. The van der Waals surface area contributed by atoms with E-state index in [0.717, 1.165) is 6.08 Å². The Morgan fingerprint density at radius 3 is 2.22 bits per heavy atom. The molecule has 0 saturated heterocycles. The van der Waals surface area contributed by atoms with Gasteiger partial charge in [-0.1, -0.05) is 6.08 Å². The zero-order valence-electron chi connectivity index (χ0n) is 12.3. The first-order valence-electron chi connectivity index (χ1n) is 6.45. The van der Waals surface area contributed by atoms with Crippen LogP contribution in [-0.2, 0) is 9.53 Å². The van der Waals surface area contributed by atoms with Crippen molar-refractivity contribution in [1.82, 2.24) is 5.32 Å². The summed E-state index contributed by atoms with van der Waals surface area (Å²) in [5.41, 5.74) is 1.98. The molecule has 1 aromatic carbocycles. The van der Waals surface area contributed by atoms with Gasteiger partial charge in [-0.3, -0.25) is 4.79 Å². The molecule has 0 fully saturated rings. The molecule has 0 amide bonds. The maximum absolute atomic E-state index is 13.8. The number of anilines is 1. The van der Waals surface area contributed by atoms with Crippen LogP contribution in [0.2, 0.25) is 0 Å². The summed E-state index contributed by atoms with van der Waals surface area (Å²) in [7, 11) is 1.50. The molecule has 3 N–H and O–H groups in total.